The first-order valence-electron chi connectivity index (χ1n) is 3.94. The van der Waals surface area contributed by atoms with Crippen molar-refractivity contribution in [2.24, 2.45) is 0 Å². The van der Waals surface area contributed by atoms with Crippen LogP contribution >= 0.6 is 0 Å². The molecule has 1 aromatic rings. The van der Waals surface area contributed by atoms with Crippen molar-refractivity contribution >= 4 is 0 Å². The number of aryl methyl sites for hydroxylation is 1. The quantitative estimate of drug-likeness (QED) is 0.730. The van der Waals surface area contributed by atoms with Gasteiger partial charge in [-0.3, -0.25) is 0 Å². The van der Waals surface area contributed by atoms with Gasteiger partial charge in [-0.2, -0.15) is 13.2 Å². The molecule has 0 spiro atoms. The van der Waals surface area contributed by atoms with Crippen LogP contribution in [0.2, 0.25) is 0 Å². The van der Waals surface area contributed by atoms with Gasteiger partial charge in [0, 0.05) is 5.56 Å². The highest BCUT2D eigenvalue weighted by Crippen LogP contribution is 2.34. The van der Waals surface area contributed by atoms with E-state index in [-0.39, 0.29) is 5.56 Å². The normalized spacial score (nSPS) is 14.1. The lowest BCUT2D eigenvalue weighted by Crippen LogP contribution is -2.21. The molecule has 0 saturated carbocycles. The number of benzene rings is 1. The summed E-state index contributed by atoms with van der Waals surface area (Å²) >= 11 is 0. The number of aliphatic hydroxyl groups is 1. The van der Waals surface area contributed by atoms with E-state index in [2.05, 4.69) is 0 Å². The van der Waals surface area contributed by atoms with Crippen LogP contribution in [0.15, 0.2) is 12.1 Å². The number of aliphatic hydroxyl groups excluding tert-OH is 1. The summed E-state index contributed by atoms with van der Waals surface area (Å²) < 4.78 is 61.9. The Morgan fingerprint density at radius 1 is 1.13 bits per heavy atom. The van der Waals surface area contributed by atoms with Crippen LogP contribution in [-0.2, 0) is 0 Å². The number of rotatable bonds is 1. The van der Waals surface area contributed by atoms with Crippen molar-refractivity contribution in [2.75, 3.05) is 0 Å². The van der Waals surface area contributed by atoms with Gasteiger partial charge in [-0.25, -0.2) is 8.78 Å². The fourth-order valence-corrected chi connectivity index (χ4v) is 1.05. The second kappa shape index (κ2) is 3.77. The zero-order chi connectivity index (χ0) is 11.8. The first-order valence-corrected chi connectivity index (χ1v) is 3.94. The van der Waals surface area contributed by atoms with Crippen LogP contribution in [0.25, 0.3) is 0 Å². The van der Waals surface area contributed by atoms with E-state index in [1.54, 1.807) is 0 Å². The molecule has 1 atom stereocenters. The summed E-state index contributed by atoms with van der Waals surface area (Å²) in [6, 6.07) is 0.961. The molecule has 1 N–H and O–H groups in total. The van der Waals surface area contributed by atoms with Crippen LogP contribution in [0.5, 0.6) is 0 Å². The molecule has 15 heavy (non-hydrogen) atoms. The van der Waals surface area contributed by atoms with E-state index in [9.17, 15) is 22.0 Å². The van der Waals surface area contributed by atoms with Crippen molar-refractivity contribution in [3.63, 3.8) is 0 Å². The molecule has 0 aromatic heterocycles. The Labute approximate surface area is 82.1 Å². The molecule has 0 aliphatic rings. The van der Waals surface area contributed by atoms with E-state index in [0.29, 0.717) is 12.1 Å². The van der Waals surface area contributed by atoms with Gasteiger partial charge in [0.05, 0.1) is 0 Å². The van der Waals surface area contributed by atoms with Crippen molar-refractivity contribution in [1.82, 2.24) is 0 Å². The van der Waals surface area contributed by atoms with Gasteiger partial charge in [0.1, 0.15) is 11.6 Å². The third-order valence-electron chi connectivity index (χ3n) is 1.88. The summed E-state index contributed by atoms with van der Waals surface area (Å²) in [4.78, 5) is 0. The Balaban J connectivity index is 3.21. The third-order valence-corrected chi connectivity index (χ3v) is 1.88. The lowest BCUT2D eigenvalue weighted by Gasteiger charge is -2.15. The molecule has 0 amide bonds. The first-order chi connectivity index (χ1) is 6.73. The van der Waals surface area contributed by atoms with Crippen LogP contribution in [0.4, 0.5) is 22.0 Å². The van der Waals surface area contributed by atoms with E-state index < -0.39 is 29.5 Å². The molecule has 1 unspecified atom stereocenters. The number of halogens is 5. The Morgan fingerprint density at radius 2 is 1.67 bits per heavy atom. The molecule has 0 radical (unpaired) electrons. The molecule has 6 heteroatoms. The van der Waals surface area contributed by atoms with Crippen molar-refractivity contribution in [3.05, 3.63) is 34.9 Å². The predicted octanol–water partition coefficient (Wildman–Crippen LogP) is 2.87. The average molecular weight is 226 g/mol. The van der Waals surface area contributed by atoms with Gasteiger partial charge in [0.25, 0.3) is 0 Å². The molecule has 0 aliphatic carbocycles. The molecular weight excluding hydrogens is 219 g/mol. The Hall–Kier alpha value is -1.17. The molecular formula is C9H7F5O. The van der Waals surface area contributed by atoms with Gasteiger partial charge in [0.2, 0.25) is 0 Å². The van der Waals surface area contributed by atoms with Crippen LogP contribution in [0.3, 0.4) is 0 Å². The number of hydrogen-bond acceptors (Lipinski definition) is 1. The molecule has 0 fully saturated rings. The summed E-state index contributed by atoms with van der Waals surface area (Å²) in [7, 11) is 0. The Bertz CT molecular complexity index is 372. The first kappa shape index (κ1) is 11.9. The van der Waals surface area contributed by atoms with Gasteiger partial charge in [-0.05, 0) is 24.6 Å². The molecule has 0 aliphatic heterocycles. The molecule has 0 heterocycles. The van der Waals surface area contributed by atoms with E-state index in [0.717, 1.165) is 0 Å². The second-order valence-corrected chi connectivity index (χ2v) is 3.07. The van der Waals surface area contributed by atoms with E-state index in [4.69, 9.17) is 5.11 Å². The van der Waals surface area contributed by atoms with Crippen molar-refractivity contribution in [1.29, 1.82) is 0 Å². The van der Waals surface area contributed by atoms with Crippen LogP contribution in [-0.4, -0.2) is 11.3 Å². The van der Waals surface area contributed by atoms with Crippen molar-refractivity contribution < 1.29 is 27.1 Å². The van der Waals surface area contributed by atoms with Crippen LogP contribution < -0.4 is 0 Å². The largest absolute Gasteiger partial charge is 0.418 e. The number of alkyl halides is 3. The monoisotopic (exact) mass is 226 g/mol. The topological polar surface area (TPSA) is 20.2 Å². The van der Waals surface area contributed by atoms with Crippen molar-refractivity contribution in [3.8, 4) is 0 Å². The van der Waals surface area contributed by atoms with E-state index in [1.807, 2.05) is 0 Å². The van der Waals surface area contributed by atoms with Crippen LogP contribution in [0.1, 0.15) is 17.2 Å². The van der Waals surface area contributed by atoms with Gasteiger partial charge in [-0.15, -0.1) is 0 Å². The highest BCUT2D eigenvalue weighted by atomic mass is 19.4. The van der Waals surface area contributed by atoms with Crippen LogP contribution in [0, 0.1) is 18.6 Å². The smallest absolute Gasteiger partial charge is 0.379 e. The summed E-state index contributed by atoms with van der Waals surface area (Å²) in [6.45, 7) is 1.21. The average Bonchev–Trinajstić information content (AvgIpc) is 2.08. The third kappa shape index (κ3) is 2.44. The maximum atomic E-state index is 13.0. The SMILES string of the molecule is Cc1cc(F)c(C(O)C(F)(F)F)cc1F. The lowest BCUT2D eigenvalue weighted by molar-refractivity contribution is -0.207. The lowest BCUT2D eigenvalue weighted by atomic mass is 10.1. The van der Waals surface area contributed by atoms with E-state index >= 15 is 0 Å². The van der Waals surface area contributed by atoms with E-state index in [1.165, 1.54) is 6.92 Å². The number of hydrogen-bond donors (Lipinski definition) is 1. The molecule has 84 valence electrons. The highest BCUT2D eigenvalue weighted by molar-refractivity contribution is 5.27. The summed E-state index contributed by atoms with van der Waals surface area (Å²) in [6.07, 6.45) is -8.02. The fraction of sp³-hybridized carbons (Fsp3) is 0.333. The van der Waals surface area contributed by atoms with Gasteiger partial charge in [0.15, 0.2) is 6.10 Å². The zero-order valence-electron chi connectivity index (χ0n) is 7.57. The highest BCUT2D eigenvalue weighted by Gasteiger charge is 2.41. The summed E-state index contributed by atoms with van der Waals surface area (Å²) in [5, 5.41) is 8.72. The minimum absolute atomic E-state index is 0.120. The molecule has 1 nitrogen and oxygen atoms in total. The van der Waals surface area contributed by atoms with Gasteiger partial charge < -0.3 is 5.11 Å². The summed E-state index contributed by atoms with van der Waals surface area (Å²) in [5.41, 5.74) is -1.23. The second-order valence-electron chi connectivity index (χ2n) is 3.07. The maximum Gasteiger partial charge on any atom is 0.418 e. The summed E-state index contributed by atoms with van der Waals surface area (Å²) in [5.74, 6) is -2.27. The molecule has 0 saturated heterocycles. The molecule has 1 aromatic carbocycles. The Kier molecular flexibility index (Phi) is 2.99. The zero-order valence-corrected chi connectivity index (χ0v) is 7.57. The van der Waals surface area contributed by atoms with Gasteiger partial charge >= 0.3 is 6.18 Å². The standard InChI is InChI=1S/C9H7F5O/c1-4-2-7(11)5(3-6(4)10)8(15)9(12,13)14/h2-3,8,15H,1H3. The van der Waals surface area contributed by atoms with Gasteiger partial charge in [-0.1, -0.05) is 0 Å². The van der Waals surface area contributed by atoms with Crippen molar-refractivity contribution in [2.45, 2.75) is 19.2 Å². The predicted molar refractivity (Wildman–Crippen MR) is 42.1 cm³/mol. The molecule has 1 rings (SSSR count). The Morgan fingerprint density at radius 3 is 2.13 bits per heavy atom. The molecule has 0 bridgehead atoms. The maximum absolute atomic E-state index is 13.0. The minimum Gasteiger partial charge on any atom is -0.379 e. The fourth-order valence-electron chi connectivity index (χ4n) is 1.05. The minimum atomic E-state index is -5.01.